The Morgan fingerprint density at radius 2 is 2.38 bits per heavy atom. The van der Waals surface area contributed by atoms with E-state index in [1.807, 2.05) is 0 Å². The molecule has 44 valence electrons. The normalized spacial score (nSPS) is 22.0. The molecule has 2 heteroatoms. The van der Waals surface area contributed by atoms with E-state index in [2.05, 4.69) is 11.4 Å². The smallest absolute Gasteiger partial charge is 0.0951 e. The lowest BCUT2D eigenvalue weighted by molar-refractivity contribution is 0.138. The predicted molar refractivity (Wildman–Crippen MR) is 30.3 cm³/mol. The van der Waals surface area contributed by atoms with Crippen molar-refractivity contribution < 1.29 is 5.21 Å². The molecular weight excluding hydrogens is 102 g/mol. The molecule has 1 unspecified atom stereocenters. The first kappa shape index (κ1) is 5.61. The van der Waals surface area contributed by atoms with Crippen LogP contribution in [0.1, 0.15) is 12.8 Å². The summed E-state index contributed by atoms with van der Waals surface area (Å²) in [6.45, 7) is 0. The Bertz CT molecular complexity index is 112. The van der Waals surface area contributed by atoms with Crippen molar-refractivity contribution in [1.82, 2.24) is 5.48 Å². The van der Waals surface area contributed by atoms with Crippen molar-refractivity contribution in [2.75, 3.05) is 0 Å². The minimum Gasteiger partial charge on any atom is -0.316 e. The molecule has 1 atom stereocenters. The maximum atomic E-state index is 8.34. The molecule has 0 saturated heterocycles. The van der Waals surface area contributed by atoms with Crippen LogP contribution in [0.2, 0.25) is 0 Å². The number of hydrogen-bond donors (Lipinski definition) is 2. The van der Waals surface area contributed by atoms with Crippen LogP contribution in [0.4, 0.5) is 0 Å². The zero-order valence-corrected chi connectivity index (χ0v) is 4.59. The fourth-order valence-electron chi connectivity index (χ4n) is 0.708. The summed E-state index contributed by atoms with van der Waals surface area (Å²) < 4.78 is 0. The zero-order chi connectivity index (χ0) is 5.98. The summed E-state index contributed by atoms with van der Waals surface area (Å²) in [5.41, 5.74) is 2.08. The van der Waals surface area contributed by atoms with E-state index in [9.17, 15) is 0 Å². The summed E-state index contributed by atoms with van der Waals surface area (Å²) >= 11 is 0. The molecule has 2 N–H and O–H groups in total. The van der Waals surface area contributed by atoms with Gasteiger partial charge >= 0.3 is 0 Å². The van der Waals surface area contributed by atoms with E-state index in [1.54, 1.807) is 0 Å². The van der Waals surface area contributed by atoms with E-state index < -0.39 is 0 Å². The first-order chi connectivity index (χ1) is 3.88. The lowest BCUT2D eigenvalue weighted by Gasteiger charge is -2.02. The number of terminal acetylenes is 1. The highest BCUT2D eigenvalue weighted by Gasteiger charge is 2.29. The van der Waals surface area contributed by atoms with Crippen LogP contribution in [-0.2, 0) is 0 Å². The molecule has 0 radical (unpaired) electrons. The minimum atomic E-state index is -0.102. The van der Waals surface area contributed by atoms with Crippen molar-refractivity contribution in [3.63, 3.8) is 0 Å². The molecule has 0 bridgehead atoms. The average Bonchev–Trinajstić information content (AvgIpc) is 2.53. The lowest BCUT2D eigenvalue weighted by atomic mass is 10.2. The molecule has 0 aliphatic heterocycles. The van der Waals surface area contributed by atoms with E-state index in [4.69, 9.17) is 11.6 Å². The third-order valence-corrected chi connectivity index (χ3v) is 1.41. The van der Waals surface area contributed by atoms with Crippen LogP contribution in [0, 0.1) is 18.3 Å². The first-order valence-corrected chi connectivity index (χ1v) is 2.74. The van der Waals surface area contributed by atoms with Gasteiger partial charge in [0.15, 0.2) is 0 Å². The van der Waals surface area contributed by atoms with Crippen LogP contribution >= 0.6 is 0 Å². The monoisotopic (exact) mass is 111 g/mol. The van der Waals surface area contributed by atoms with Gasteiger partial charge in [-0.3, -0.25) is 0 Å². The third kappa shape index (κ3) is 1.00. The third-order valence-electron chi connectivity index (χ3n) is 1.41. The molecule has 0 spiro atoms. The van der Waals surface area contributed by atoms with Gasteiger partial charge in [0.05, 0.1) is 6.04 Å². The summed E-state index contributed by atoms with van der Waals surface area (Å²) in [7, 11) is 0. The van der Waals surface area contributed by atoms with E-state index in [0.717, 1.165) is 12.8 Å². The van der Waals surface area contributed by atoms with Gasteiger partial charge in [0.25, 0.3) is 0 Å². The van der Waals surface area contributed by atoms with Gasteiger partial charge in [0.1, 0.15) is 0 Å². The van der Waals surface area contributed by atoms with Gasteiger partial charge in [-0.15, -0.1) is 6.42 Å². The Morgan fingerprint density at radius 3 is 2.50 bits per heavy atom. The summed E-state index contributed by atoms with van der Waals surface area (Å²) in [6, 6.07) is -0.102. The first-order valence-electron chi connectivity index (χ1n) is 2.74. The second kappa shape index (κ2) is 2.17. The van der Waals surface area contributed by atoms with Gasteiger partial charge in [-0.1, -0.05) is 5.92 Å². The Hall–Kier alpha value is -0.520. The Labute approximate surface area is 48.9 Å². The highest BCUT2D eigenvalue weighted by molar-refractivity contribution is 5.04. The van der Waals surface area contributed by atoms with Crippen molar-refractivity contribution in [3.05, 3.63) is 0 Å². The van der Waals surface area contributed by atoms with E-state index >= 15 is 0 Å². The van der Waals surface area contributed by atoms with Crippen molar-refractivity contribution in [2.45, 2.75) is 18.9 Å². The number of hydroxylamine groups is 1. The van der Waals surface area contributed by atoms with E-state index in [1.165, 1.54) is 0 Å². The standard InChI is InChI=1S/C6H9NO/c1-2-6(7-8)5-3-4-5/h1,5-8H,3-4H2. The van der Waals surface area contributed by atoms with Gasteiger partial charge in [-0.2, -0.15) is 5.48 Å². The predicted octanol–water partition coefficient (Wildman–Crippen LogP) is 0.377. The molecule has 8 heavy (non-hydrogen) atoms. The number of nitrogens with one attached hydrogen (secondary N) is 1. The molecule has 1 aliphatic carbocycles. The number of hydrogen-bond acceptors (Lipinski definition) is 2. The molecule has 1 saturated carbocycles. The Morgan fingerprint density at radius 1 is 1.75 bits per heavy atom. The van der Waals surface area contributed by atoms with Crippen molar-refractivity contribution in [1.29, 1.82) is 0 Å². The van der Waals surface area contributed by atoms with Crippen molar-refractivity contribution >= 4 is 0 Å². The van der Waals surface area contributed by atoms with Gasteiger partial charge in [0, 0.05) is 0 Å². The molecule has 1 aliphatic rings. The molecule has 1 fully saturated rings. The highest BCUT2D eigenvalue weighted by atomic mass is 16.5. The summed E-state index contributed by atoms with van der Waals surface area (Å²) in [5, 5.41) is 8.34. The molecule has 0 aromatic heterocycles. The van der Waals surface area contributed by atoms with Crippen LogP contribution < -0.4 is 5.48 Å². The van der Waals surface area contributed by atoms with Crippen molar-refractivity contribution in [3.8, 4) is 12.3 Å². The maximum Gasteiger partial charge on any atom is 0.0951 e. The Kier molecular flexibility index (Phi) is 1.52. The zero-order valence-electron chi connectivity index (χ0n) is 4.59. The topological polar surface area (TPSA) is 32.3 Å². The summed E-state index contributed by atoms with van der Waals surface area (Å²) in [4.78, 5) is 0. The molecule has 0 aromatic carbocycles. The fourth-order valence-corrected chi connectivity index (χ4v) is 0.708. The van der Waals surface area contributed by atoms with Gasteiger partial charge in [0.2, 0.25) is 0 Å². The minimum absolute atomic E-state index is 0.102. The lowest BCUT2D eigenvalue weighted by Crippen LogP contribution is -2.25. The van der Waals surface area contributed by atoms with Gasteiger partial charge < -0.3 is 5.21 Å². The summed E-state index contributed by atoms with van der Waals surface area (Å²) in [6.07, 6.45) is 7.36. The molecular formula is C6H9NO. The fraction of sp³-hybridized carbons (Fsp3) is 0.667. The molecule has 0 aromatic rings. The number of rotatable bonds is 2. The molecule has 2 nitrogen and oxygen atoms in total. The summed E-state index contributed by atoms with van der Waals surface area (Å²) in [5.74, 6) is 2.98. The average molecular weight is 111 g/mol. The van der Waals surface area contributed by atoms with E-state index in [0.29, 0.717) is 5.92 Å². The van der Waals surface area contributed by atoms with E-state index in [-0.39, 0.29) is 6.04 Å². The van der Waals surface area contributed by atoms with Crippen LogP contribution in [0.5, 0.6) is 0 Å². The van der Waals surface area contributed by atoms with Crippen LogP contribution in [0.15, 0.2) is 0 Å². The van der Waals surface area contributed by atoms with Crippen molar-refractivity contribution in [2.24, 2.45) is 5.92 Å². The molecule has 1 rings (SSSR count). The van der Waals surface area contributed by atoms with Crippen LogP contribution in [-0.4, -0.2) is 11.2 Å². The van der Waals surface area contributed by atoms with Gasteiger partial charge in [-0.25, -0.2) is 0 Å². The second-order valence-corrected chi connectivity index (χ2v) is 2.11. The largest absolute Gasteiger partial charge is 0.316 e. The maximum absolute atomic E-state index is 8.34. The second-order valence-electron chi connectivity index (χ2n) is 2.11. The highest BCUT2D eigenvalue weighted by Crippen LogP contribution is 2.31. The van der Waals surface area contributed by atoms with Gasteiger partial charge in [-0.05, 0) is 18.8 Å². The SMILES string of the molecule is C#CC(NO)C1CC1. The quantitative estimate of drug-likeness (QED) is 0.399. The van der Waals surface area contributed by atoms with Crippen LogP contribution in [0.3, 0.4) is 0 Å². The molecule has 0 heterocycles. The Balaban J connectivity index is 2.29. The van der Waals surface area contributed by atoms with Crippen LogP contribution in [0.25, 0.3) is 0 Å². The molecule has 0 amide bonds.